The predicted octanol–water partition coefficient (Wildman–Crippen LogP) is 3.93. The molecule has 1 aliphatic heterocycles. The molecule has 1 aliphatic carbocycles. The van der Waals surface area contributed by atoms with Crippen LogP contribution in [0.25, 0.3) is 0 Å². The molecule has 0 saturated carbocycles. The Kier molecular flexibility index (Phi) is 3.77. The van der Waals surface area contributed by atoms with E-state index in [1.165, 1.54) is 12.0 Å². The normalized spacial score (nSPS) is 37.1. The third-order valence-corrected chi connectivity index (χ3v) is 4.81. The van der Waals surface area contributed by atoms with Gasteiger partial charge in [-0.25, -0.2) is 0 Å². The van der Waals surface area contributed by atoms with Crippen molar-refractivity contribution in [2.45, 2.75) is 58.4 Å². The molecule has 0 radical (unpaired) electrons. The fraction of sp³-hybridized carbons (Fsp3) is 0.800. The van der Waals surface area contributed by atoms with Gasteiger partial charge in [0.15, 0.2) is 0 Å². The Balaban J connectivity index is 2.30. The van der Waals surface area contributed by atoms with E-state index in [0.717, 1.165) is 6.42 Å². The summed E-state index contributed by atoms with van der Waals surface area (Å²) >= 11 is 6.21. The van der Waals surface area contributed by atoms with Crippen LogP contribution in [0, 0.1) is 17.3 Å². The van der Waals surface area contributed by atoms with Crippen molar-refractivity contribution in [2.24, 2.45) is 17.3 Å². The molecular formula is C15H23ClO2. The summed E-state index contributed by atoms with van der Waals surface area (Å²) in [6, 6.07) is 0. The fourth-order valence-corrected chi connectivity index (χ4v) is 4.06. The van der Waals surface area contributed by atoms with Crippen LogP contribution in [0.2, 0.25) is 0 Å². The number of cyclic esters (lactones) is 1. The monoisotopic (exact) mass is 270 g/mol. The van der Waals surface area contributed by atoms with E-state index in [4.69, 9.17) is 16.3 Å². The third-order valence-electron chi connectivity index (χ3n) is 4.56. The first kappa shape index (κ1) is 13.9. The zero-order valence-electron chi connectivity index (χ0n) is 11.7. The molecule has 4 unspecified atom stereocenters. The zero-order chi connectivity index (χ0) is 13.5. The highest BCUT2D eigenvalue weighted by atomic mass is 35.5. The molecule has 4 atom stereocenters. The zero-order valence-corrected chi connectivity index (χ0v) is 12.5. The van der Waals surface area contributed by atoms with E-state index in [1.54, 1.807) is 0 Å². The number of hydrogen-bond donors (Lipinski definition) is 0. The van der Waals surface area contributed by atoms with Crippen LogP contribution in [0.3, 0.4) is 0 Å². The Morgan fingerprint density at radius 2 is 2.17 bits per heavy atom. The molecule has 0 bridgehead atoms. The van der Waals surface area contributed by atoms with Crippen LogP contribution >= 0.6 is 11.6 Å². The average Bonchev–Trinajstić information content (AvgIpc) is 2.58. The second-order valence-corrected chi connectivity index (χ2v) is 7.14. The number of ether oxygens (including phenoxy) is 1. The van der Waals surface area contributed by atoms with Crippen LogP contribution in [0.5, 0.6) is 0 Å². The van der Waals surface area contributed by atoms with E-state index in [-0.39, 0.29) is 28.8 Å². The molecule has 2 nitrogen and oxygen atoms in total. The van der Waals surface area contributed by atoms with E-state index in [0.29, 0.717) is 12.3 Å². The largest absolute Gasteiger partial charge is 0.460 e. The van der Waals surface area contributed by atoms with E-state index in [1.807, 2.05) is 6.92 Å². The molecule has 0 N–H and O–H groups in total. The van der Waals surface area contributed by atoms with E-state index >= 15 is 0 Å². The summed E-state index contributed by atoms with van der Waals surface area (Å²) in [4.78, 5) is 11.6. The number of hydrogen-bond acceptors (Lipinski definition) is 2. The molecule has 0 aromatic carbocycles. The standard InChI is InChI=1S/C15H23ClO2/c1-9-6-5-7-15(3,4)13(9)11-8-12(17)18-14(11)10(2)16/h6,10-11,13-14H,5,7-8H2,1-4H3. The summed E-state index contributed by atoms with van der Waals surface area (Å²) in [6.45, 7) is 8.71. The molecule has 3 heteroatoms. The number of allylic oxidation sites excluding steroid dienone is 2. The Morgan fingerprint density at radius 1 is 1.50 bits per heavy atom. The van der Waals surface area contributed by atoms with Gasteiger partial charge in [-0.05, 0) is 38.0 Å². The summed E-state index contributed by atoms with van der Waals surface area (Å²) in [5.74, 6) is 0.548. The molecule has 1 saturated heterocycles. The maximum absolute atomic E-state index is 11.6. The minimum absolute atomic E-state index is 0.0910. The van der Waals surface area contributed by atoms with Gasteiger partial charge < -0.3 is 4.74 Å². The highest BCUT2D eigenvalue weighted by molar-refractivity contribution is 6.20. The van der Waals surface area contributed by atoms with Crippen molar-refractivity contribution in [3.05, 3.63) is 11.6 Å². The molecule has 2 aliphatic rings. The molecule has 0 aromatic heterocycles. The maximum Gasteiger partial charge on any atom is 0.306 e. The minimum Gasteiger partial charge on any atom is -0.460 e. The lowest BCUT2D eigenvalue weighted by molar-refractivity contribution is -0.141. The highest BCUT2D eigenvalue weighted by Crippen LogP contribution is 2.49. The van der Waals surface area contributed by atoms with E-state index in [9.17, 15) is 4.79 Å². The van der Waals surface area contributed by atoms with Crippen molar-refractivity contribution < 1.29 is 9.53 Å². The molecule has 0 spiro atoms. The van der Waals surface area contributed by atoms with Crippen LogP contribution in [-0.2, 0) is 9.53 Å². The Hall–Kier alpha value is -0.500. The summed E-state index contributed by atoms with van der Waals surface area (Å²) in [6.07, 6.45) is 5.00. The van der Waals surface area contributed by atoms with Gasteiger partial charge in [-0.2, -0.15) is 0 Å². The van der Waals surface area contributed by atoms with Crippen molar-refractivity contribution in [3.8, 4) is 0 Å². The molecule has 18 heavy (non-hydrogen) atoms. The van der Waals surface area contributed by atoms with Crippen LogP contribution in [-0.4, -0.2) is 17.5 Å². The van der Waals surface area contributed by atoms with Gasteiger partial charge in [0.2, 0.25) is 0 Å². The Morgan fingerprint density at radius 3 is 2.72 bits per heavy atom. The summed E-state index contributed by atoms with van der Waals surface area (Å²) in [5, 5.41) is -0.119. The highest BCUT2D eigenvalue weighted by Gasteiger charge is 2.48. The number of alkyl halides is 1. The third kappa shape index (κ3) is 2.45. The van der Waals surface area contributed by atoms with Crippen LogP contribution in [0.15, 0.2) is 11.6 Å². The molecule has 0 aromatic rings. The molecule has 1 heterocycles. The van der Waals surface area contributed by atoms with Crippen LogP contribution in [0.1, 0.15) is 47.0 Å². The lowest BCUT2D eigenvalue weighted by Gasteiger charge is -2.43. The first-order valence-corrected chi connectivity index (χ1v) is 7.27. The van der Waals surface area contributed by atoms with E-state index in [2.05, 4.69) is 26.8 Å². The second kappa shape index (κ2) is 4.88. The van der Waals surface area contributed by atoms with Crippen LogP contribution < -0.4 is 0 Å². The van der Waals surface area contributed by atoms with Gasteiger partial charge in [0.1, 0.15) is 6.10 Å². The fourth-order valence-electron chi connectivity index (χ4n) is 3.83. The smallest absolute Gasteiger partial charge is 0.306 e. The number of rotatable bonds is 2. The van der Waals surface area contributed by atoms with Gasteiger partial charge in [0.05, 0.1) is 11.8 Å². The SMILES string of the molecule is CC1=CCCC(C)(C)C1C1CC(=O)OC1C(C)Cl. The van der Waals surface area contributed by atoms with Crippen molar-refractivity contribution in [2.75, 3.05) is 0 Å². The first-order chi connectivity index (χ1) is 8.33. The average molecular weight is 271 g/mol. The van der Waals surface area contributed by atoms with Crippen molar-refractivity contribution in [3.63, 3.8) is 0 Å². The lowest BCUT2D eigenvalue weighted by Crippen LogP contribution is -2.39. The topological polar surface area (TPSA) is 26.3 Å². The Labute approximate surface area is 115 Å². The molecule has 2 rings (SSSR count). The van der Waals surface area contributed by atoms with Gasteiger partial charge in [0.25, 0.3) is 0 Å². The number of esters is 1. The van der Waals surface area contributed by atoms with Crippen molar-refractivity contribution in [1.29, 1.82) is 0 Å². The predicted molar refractivity (Wildman–Crippen MR) is 73.6 cm³/mol. The first-order valence-electron chi connectivity index (χ1n) is 6.83. The summed E-state index contributed by atoms with van der Waals surface area (Å²) in [7, 11) is 0. The minimum atomic E-state index is -0.134. The molecular weight excluding hydrogens is 248 g/mol. The number of carbonyl (C=O) groups excluding carboxylic acids is 1. The lowest BCUT2D eigenvalue weighted by atomic mass is 9.62. The number of halogens is 1. The molecule has 0 amide bonds. The number of carbonyl (C=O) groups is 1. The van der Waals surface area contributed by atoms with Gasteiger partial charge in [-0.15, -0.1) is 11.6 Å². The van der Waals surface area contributed by atoms with Crippen LogP contribution in [0.4, 0.5) is 0 Å². The van der Waals surface area contributed by atoms with Gasteiger partial charge in [-0.3, -0.25) is 4.79 Å². The van der Waals surface area contributed by atoms with Crippen molar-refractivity contribution in [1.82, 2.24) is 0 Å². The van der Waals surface area contributed by atoms with Crippen molar-refractivity contribution >= 4 is 17.6 Å². The van der Waals surface area contributed by atoms with Gasteiger partial charge >= 0.3 is 5.97 Å². The van der Waals surface area contributed by atoms with Gasteiger partial charge in [0, 0.05) is 5.92 Å². The summed E-state index contributed by atoms with van der Waals surface area (Å²) < 4.78 is 5.43. The van der Waals surface area contributed by atoms with E-state index < -0.39 is 0 Å². The molecule has 102 valence electrons. The summed E-state index contributed by atoms with van der Waals surface area (Å²) in [5.41, 5.74) is 1.62. The second-order valence-electron chi connectivity index (χ2n) is 6.45. The Bertz CT molecular complexity index is 371. The quantitative estimate of drug-likeness (QED) is 0.432. The van der Waals surface area contributed by atoms with Gasteiger partial charge in [-0.1, -0.05) is 25.5 Å². The maximum atomic E-state index is 11.6. The molecule has 1 fully saturated rings.